The lowest BCUT2D eigenvalue weighted by Crippen LogP contribution is -2.22. The first kappa shape index (κ1) is 13.0. The maximum Gasteiger partial charge on any atom is 0.124 e. The Hall–Kier alpha value is -1.45. The fourth-order valence-electron chi connectivity index (χ4n) is 1.89. The summed E-state index contributed by atoms with van der Waals surface area (Å²) in [7, 11) is 0. The maximum atomic E-state index is 13.1. The van der Waals surface area contributed by atoms with Crippen molar-refractivity contribution in [2.75, 3.05) is 6.54 Å². The van der Waals surface area contributed by atoms with Gasteiger partial charge in [-0.15, -0.1) is 0 Å². The molecule has 2 aromatic rings. The van der Waals surface area contributed by atoms with Gasteiger partial charge in [0.25, 0.3) is 0 Å². The van der Waals surface area contributed by atoms with Gasteiger partial charge in [0.2, 0.25) is 0 Å². The molecule has 0 amide bonds. The highest BCUT2D eigenvalue weighted by Crippen LogP contribution is 2.28. The summed E-state index contributed by atoms with van der Waals surface area (Å²) in [5.41, 5.74) is 1.86. The van der Waals surface area contributed by atoms with Crippen LogP contribution in [-0.4, -0.2) is 11.5 Å². The van der Waals surface area contributed by atoms with Crippen molar-refractivity contribution in [3.8, 4) is 0 Å². The normalized spacial score (nSPS) is 12.4. The molecule has 2 nitrogen and oxygen atoms in total. The van der Waals surface area contributed by atoms with Crippen LogP contribution in [0.15, 0.2) is 42.7 Å². The van der Waals surface area contributed by atoms with E-state index in [0.717, 1.165) is 17.7 Å². The Balaban J connectivity index is 2.41. The Bertz CT molecular complexity index is 516. The maximum absolute atomic E-state index is 13.1. The smallest absolute Gasteiger partial charge is 0.124 e. The molecule has 1 N–H and O–H groups in total. The number of aromatic nitrogens is 1. The number of pyridine rings is 1. The van der Waals surface area contributed by atoms with Crippen molar-refractivity contribution in [1.29, 1.82) is 0 Å². The van der Waals surface area contributed by atoms with Crippen molar-refractivity contribution in [3.05, 3.63) is 64.7 Å². The molecule has 1 aromatic carbocycles. The number of hydrogen-bond acceptors (Lipinski definition) is 2. The molecule has 1 atom stereocenters. The molecule has 1 aromatic heterocycles. The molecule has 0 aliphatic rings. The minimum Gasteiger partial charge on any atom is -0.306 e. The van der Waals surface area contributed by atoms with Gasteiger partial charge in [-0.05, 0) is 35.9 Å². The minimum atomic E-state index is -0.329. The molecule has 18 heavy (non-hydrogen) atoms. The summed E-state index contributed by atoms with van der Waals surface area (Å²) in [6.45, 7) is 2.80. The van der Waals surface area contributed by atoms with Gasteiger partial charge < -0.3 is 5.32 Å². The van der Waals surface area contributed by atoms with Gasteiger partial charge in [-0.25, -0.2) is 4.39 Å². The predicted octanol–water partition coefficient (Wildman–Crippen LogP) is 3.57. The summed E-state index contributed by atoms with van der Waals surface area (Å²) >= 11 is 6.11. The van der Waals surface area contributed by atoms with Gasteiger partial charge in [-0.3, -0.25) is 4.98 Å². The van der Waals surface area contributed by atoms with Crippen LogP contribution >= 0.6 is 11.6 Å². The summed E-state index contributed by atoms with van der Waals surface area (Å²) < 4.78 is 13.1. The van der Waals surface area contributed by atoms with Crippen LogP contribution in [0.25, 0.3) is 0 Å². The molecule has 0 aliphatic heterocycles. The lowest BCUT2D eigenvalue weighted by molar-refractivity contribution is 0.613. The van der Waals surface area contributed by atoms with Gasteiger partial charge in [-0.1, -0.05) is 30.7 Å². The Labute approximate surface area is 111 Å². The summed E-state index contributed by atoms with van der Waals surface area (Å²) in [5, 5.41) is 3.75. The Morgan fingerprint density at radius 3 is 2.83 bits per heavy atom. The van der Waals surface area contributed by atoms with Crippen LogP contribution < -0.4 is 5.32 Å². The Morgan fingerprint density at radius 1 is 1.39 bits per heavy atom. The number of nitrogens with one attached hydrogen (secondary N) is 1. The van der Waals surface area contributed by atoms with Crippen LogP contribution in [0.4, 0.5) is 4.39 Å². The summed E-state index contributed by atoms with van der Waals surface area (Å²) in [6, 6.07) is 8.23. The average molecular weight is 265 g/mol. The molecule has 0 saturated heterocycles. The van der Waals surface area contributed by atoms with E-state index in [0.29, 0.717) is 5.02 Å². The number of nitrogens with zero attached hydrogens (tertiary/aromatic N) is 1. The van der Waals surface area contributed by atoms with E-state index >= 15 is 0 Å². The Kier molecular flexibility index (Phi) is 4.28. The quantitative estimate of drug-likeness (QED) is 0.913. The molecule has 0 aliphatic carbocycles. The third-order valence-electron chi connectivity index (χ3n) is 2.70. The van der Waals surface area contributed by atoms with Gasteiger partial charge >= 0.3 is 0 Å². The largest absolute Gasteiger partial charge is 0.306 e. The van der Waals surface area contributed by atoms with E-state index in [9.17, 15) is 4.39 Å². The molecule has 0 saturated carbocycles. The standard InChI is InChI=1S/C14H14ClFN2/c1-2-18-14(10-4-3-7-17-9-10)12-6-5-11(16)8-13(12)15/h3-9,14,18H,2H2,1H3. The minimum absolute atomic E-state index is 0.0724. The fraction of sp³-hybridized carbons (Fsp3) is 0.214. The second kappa shape index (κ2) is 5.94. The first-order valence-electron chi connectivity index (χ1n) is 5.80. The highest BCUT2D eigenvalue weighted by molar-refractivity contribution is 6.31. The summed E-state index contributed by atoms with van der Waals surface area (Å²) in [5.74, 6) is -0.329. The predicted molar refractivity (Wildman–Crippen MR) is 71.2 cm³/mol. The molecule has 0 radical (unpaired) electrons. The van der Waals surface area contributed by atoms with E-state index < -0.39 is 0 Å². The van der Waals surface area contributed by atoms with Crippen molar-refractivity contribution in [2.45, 2.75) is 13.0 Å². The van der Waals surface area contributed by atoms with Crippen molar-refractivity contribution in [1.82, 2.24) is 10.3 Å². The van der Waals surface area contributed by atoms with Crippen molar-refractivity contribution < 1.29 is 4.39 Å². The molecule has 1 heterocycles. The van der Waals surface area contributed by atoms with E-state index in [4.69, 9.17) is 11.6 Å². The van der Waals surface area contributed by atoms with Gasteiger partial charge in [0.05, 0.1) is 6.04 Å². The summed E-state index contributed by atoms with van der Waals surface area (Å²) in [4.78, 5) is 4.10. The monoisotopic (exact) mass is 264 g/mol. The first-order valence-corrected chi connectivity index (χ1v) is 6.18. The molecule has 4 heteroatoms. The number of rotatable bonds is 4. The van der Waals surface area contributed by atoms with Crippen molar-refractivity contribution in [2.24, 2.45) is 0 Å². The van der Waals surface area contributed by atoms with Gasteiger partial charge in [0.1, 0.15) is 5.82 Å². The van der Waals surface area contributed by atoms with Gasteiger partial charge in [0, 0.05) is 17.4 Å². The van der Waals surface area contributed by atoms with E-state index in [-0.39, 0.29) is 11.9 Å². The molecule has 0 fully saturated rings. The van der Waals surface area contributed by atoms with Crippen molar-refractivity contribution >= 4 is 11.6 Å². The molecular formula is C14H14ClFN2. The lowest BCUT2D eigenvalue weighted by Gasteiger charge is -2.19. The van der Waals surface area contributed by atoms with E-state index in [2.05, 4.69) is 10.3 Å². The molecule has 2 rings (SSSR count). The zero-order valence-electron chi connectivity index (χ0n) is 10.0. The number of hydrogen-bond donors (Lipinski definition) is 1. The van der Waals surface area contributed by atoms with Crippen LogP contribution in [0.5, 0.6) is 0 Å². The molecule has 94 valence electrons. The Morgan fingerprint density at radius 2 is 2.22 bits per heavy atom. The fourth-order valence-corrected chi connectivity index (χ4v) is 2.17. The van der Waals surface area contributed by atoms with Crippen LogP contribution in [-0.2, 0) is 0 Å². The summed E-state index contributed by atoms with van der Waals surface area (Å²) in [6.07, 6.45) is 3.51. The topological polar surface area (TPSA) is 24.9 Å². The van der Waals surface area contributed by atoms with Crippen LogP contribution in [0.2, 0.25) is 5.02 Å². The SMILES string of the molecule is CCNC(c1cccnc1)c1ccc(F)cc1Cl. The van der Waals surface area contributed by atoms with E-state index in [1.807, 2.05) is 19.1 Å². The van der Waals surface area contributed by atoms with Gasteiger partial charge in [-0.2, -0.15) is 0 Å². The molecule has 0 bridgehead atoms. The first-order chi connectivity index (χ1) is 8.72. The lowest BCUT2D eigenvalue weighted by atomic mass is 10.00. The van der Waals surface area contributed by atoms with Gasteiger partial charge in [0.15, 0.2) is 0 Å². The van der Waals surface area contributed by atoms with Crippen LogP contribution in [0.1, 0.15) is 24.1 Å². The zero-order chi connectivity index (χ0) is 13.0. The third-order valence-corrected chi connectivity index (χ3v) is 3.03. The molecular weight excluding hydrogens is 251 g/mol. The molecule has 1 unspecified atom stereocenters. The average Bonchev–Trinajstić information content (AvgIpc) is 2.38. The van der Waals surface area contributed by atoms with E-state index in [1.54, 1.807) is 18.5 Å². The van der Waals surface area contributed by atoms with E-state index in [1.165, 1.54) is 12.1 Å². The second-order valence-electron chi connectivity index (χ2n) is 3.94. The number of benzene rings is 1. The highest BCUT2D eigenvalue weighted by atomic mass is 35.5. The van der Waals surface area contributed by atoms with Crippen molar-refractivity contribution in [3.63, 3.8) is 0 Å². The van der Waals surface area contributed by atoms with Crippen LogP contribution in [0.3, 0.4) is 0 Å². The second-order valence-corrected chi connectivity index (χ2v) is 4.35. The third kappa shape index (κ3) is 2.86. The number of halogens is 2. The molecule has 0 spiro atoms. The van der Waals surface area contributed by atoms with Crippen LogP contribution in [0, 0.1) is 5.82 Å². The highest BCUT2D eigenvalue weighted by Gasteiger charge is 2.16. The zero-order valence-corrected chi connectivity index (χ0v) is 10.8.